The van der Waals surface area contributed by atoms with Gasteiger partial charge in [0.05, 0.1) is 0 Å². The van der Waals surface area contributed by atoms with Crippen molar-refractivity contribution in [2.45, 2.75) is 13.8 Å². The van der Waals surface area contributed by atoms with Crippen LogP contribution >= 0.6 is 11.6 Å². The van der Waals surface area contributed by atoms with Crippen molar-refractivity contribution in [1.82, 2.24) is 9.97 Å². The third-order valence-corrected chi connectivity index (χ3v) is 2.88. The van der Waals surface area contributed by atoms with Crippen LogP contribution in [0, 0.1) is 13.8 Å². The Balaban J connectivity index is 3.31. The van der Waals surface area contributed by atoms with E-state index in [1.165, 1.54) is 16.9 Å². The number of nitrogens with zero attached hydrogens (tertiary/aromatic N) is 2. The van der Waals surface area contributed by atoms with Crippen molar-refractivity contribution in [2.75, 3.05) is 0 Å². The van der Waals surface area contributed by atoms with E-state index >= 15 is 0 Å². The molecule has 1 unspecified atom stereocenters. The van der Waals surface area contributed by atoms with Crippen LogP contribution in [0.1, 0.15) is 11.5 Å². The summed E-state index contributed by atoms with van der Waals surface area (Å²) in [5.74, 6) is 0.793. The number of aryl methyl sites for hydroxylation is 2. The minimum absolute atomic E-state index is 0.700. The number of halogens is 1. The Bertz CT molecular complexity index is 239. The molecule has 0 aliphatic carbocycles. The van der Waals surface area contributed by atoms with Gasteiger partial charge in [0.25, 0.3) is 0 Å². The van der Waals surface area contributed by atoms with Gasteiger partial charge in [-0.05, 0) is 0 Å². The van der Waals surface area contributed by atoms with Crippen molar-refractivity contribution in [1.29, 1.82) is 0 Å². The van der Waals surface area contributed by atoms with Crippen molar-refractivity contribution in [2.24, 2.45) is 0 Å². The molecular formula is C6H8AsClN2. The minimum atomic E-state index is 0.700. The van der Waals surface area contributed by atoms with Gasteiger partial charge in [-0.3, -0.25) is 0 Å². The zero-order chi connectivity index (χ0) is 7.72. The first-order valence-corrected chi connectivity index (χ1v) is 4.46. The first-order chi connectivity index (χ1) is 4.61. The molecule has 1 heterocycles. The molecule has 0 aliphatic heterocycles. The first-order valence-electron chi connectivity index (χ1n) is 2.87. The van der Waals surface area contributed by atoms with Gasteiger partial charge in [0, 0.05) is 0 Å². The quantitative estimate of drug-likeness (QED) is 0.573. The number of hydrogen-bond acceptors (Lipinski definition) is 2. The van der Waals surface area contributed by atoms with Crippen molar-refractivity contribution < 1.29 is 0 Å². The molecule has 0 bridgehead atoms. The van der Waals surface area contributed by atoms with Crippen LogP contribution in [0.25, 0.3) is 0 Å². The fraction of sp³-hybridized carbons (Fsp3) is 0.333. The molecule has 0 amide bonds. The van der Waals surface area contributed by atoms with E-state index in [-0.39, 0.29) is 0 Å². The number of rotatable bonds is 0. The van der Waals surface area contributed by atoms with Crippen LogP contribution in [0.5, 0.6) is 0 Å². The Hall–Kier alpha value is -0.0716. The summed E-state index contributed by atoms with van der Waals surface area (Å²) in [6.07, 6.45) is 0. The molecule has 1 rings (SSSR count). The van der Waals surface area contributed by atoms with Gasteiger partial charge >= 0.3 is 73.3 Å². The van der Waals surface area contributed by atoms with Gasteiger partial charge in [-0.2, -0.15) is 0 Å². The average Bonchev–Trinajstić information content (AvgIpc) is 1.82. The third-order valence-electron chi connectivity index (χ3n) is 1.15. The van der Waals surface area contributed by atoms with E-state index in [0.717, 1.165) is 16.0 Å². The summed E-state index contributed by atoms with van der Waals surface area (Å²) in [6.45, 7) is 3.76. The monoisotopic (exact) mass is 218 g/mol. The second-order valence-corrected chi connectivity index (χ2v) is 3.58. The zero-order valence-corrected chi connectivity index (χ0v) is 9.03. The summed E-state index contributed by atoms with van der Waals surface area (Å²) in [7, 11) is 0. The van der Waals surface area contributed by atoms with Crippen LogP contribution < -0.4 is 4.48 Å². The maximum atomic E-state index is 5.84. The fourth-order valence-electron chi connectivity index (χ4n) is 0.726. The van der Waals surface area contributed by atoms with Gasteiger partial charge in [0.15, 0.2) is 0 Å². The van der Waals surface area contributed by atoms with Crippen molar-refractivity contribution in [3.05, 3.63) is 16.5 Å². The first kappa shape index (κ1) is 8.03. The third kappa shape index (κ3) is 1.50. The molecule has 0 aliphatic rings. The predicted octanol–water partition coefficient (Wildman–Crippen LogP) is 0.00524. The molecule has 0 fully saturated rings. The van der Waals surface area contributed by atoms with Gasteiger partial charge < -0.3 is 0 Å². The van der Waals surface area contributed by atoms with E-state index < -0.39 is 0 Å². The molecule has 54 valence electrons. The van der Waals surface area contributed by atoms with Gasteiger partial charge in [-0.15, -0.1) is 0 Å². The average molecular weight is 219 g/mol. The molecule has 0 spiro atoms. The molecule has 0 saturated carbocycles. The van der Waals surface area contributed by atoms with E-state index in [0.29, 0.717) is 5.02 Å². The molecule has 0 radical (unpaired) electrons. The Morgan fingerprint density at radius 3 is 2.40 bits per heavy atom. The van der Waals surface area contributed by atoms with E-state index in [1.807, 2.05) is 13.8 Å². The molecule has 2 nitrogen and oxygen atoms in total. The van der Waals surface area contributed by atoms with E-state index in [2.05, 4.69) is 9.97 Å². The van der Waals surface area contributed by atoms with E-state index in [9.17, 15) is 0 Å². The molecule has 1 atom stereocenters. The fourth-order valence-corrected chi connectivity index (χ4v) is 1.64. The van der Waals surface area contributed by atoms with E-state index in [4.69, 9.17) is 11.6 Å². The van der Waals surface area contributed by atoms with Crippen molar-refractivity contribution in [3.63, 3.8) is 0 Å². The number of aromatic nitrogens is 2. The van der Waals surface area contributed by atoms with Gasteiger partial charge in [0.1, 0.15) is 0 Å². The van der Waals surface area contributed by atoms with Crippen LogP contribution in [0.4, 0.5) is 0 Å². The molecule has 4 heteroatoms. The second kappa shape index (κ2) is 2.89. The van der Waals surface area contributed by atoms with Crippen molar-refractivity contribution >= 4 is 32.9 Å². The summed E-state index contributed by atoms with van der Waals surface area (Å²) in [6, 6.07) is 0. The second-order valence-electron chi connectivity index (χ2n) is 2.06. The maximum absolute atomic E-state index is 5.84. The van der Waals surface area contributed by atoms with Crippen LogP contribution in [-0.2, 0) is 0 Å². The SMILES string of the molecule is Cc1nc(C)c(Cl)c([AsH2])n1. The van der Waals surface area contributed by atoms with Gasteiger partial charge in [0.2, 0.25) is 0 Å². The predicted molar refractivity (Wildman–Crippen MR) is 44.7 cm³/mol. The Morgan fingerprint density at radius 2 is 1.90 bits per heavy atom. The summed E-state index contributed by atoms with van der Waals surface area (Å²) in [4.78, 5) is 8.22. The van der Waals surface area contributed by atoms with Crippen molar-refractivity contribution in [3.8, 4) is 0 Å². The Kier molecular flexibility index (Phi) is 2.32. The molecular weight excluding hydrogens is 210 g/mol. The summed E-state index contributed by atoms with van der Waals surface area (Å²) in [5.41, 5.74) is 0.869. The normalized spacial score (nSPS) is 10.0. The van der Waals surface area contributed by atoms with Gasteiger partial charge in [-0.1, -0.05) is 0 Å². The zero-order valence-electron chi connectivity index (χ0n) is 5.85. The van der Waals surface area contributed by atoms with Crippen LogP contribution in [0.2, 0.25) is 5.02 Å². The Morgan fingerprint density at radius 1 is 1.30 bits per heavy atom. The topological polar surface area (TPSA) is 25.8 Å². The van der Waals surface area contributed by atoms with Gasteiger partial charge in [-0.25, -0.2) is 0 Å². The molecule has 1 aromatic heterocycles. The standard InChI is InChI=1S/C6H8AsClN2/c1-3-5(8)6(7)10-4(2)9-3/h7H2,1-2H3. The molecule has 0 N–H and O–H groups in total. The molecule has 0 aromatic carbocycles. The summed E-state index contributed by atoms with van der Waals surface area (Å²) < 4.78 is 0.916. The van der Waals surface area contributed by atoms with E-state index in [1.54, 1.807) is 0 Å². The summed E-state index contributed by atoms with van der Waals surface area (Å²) >= 11 is 7.27. The molecule has 1 aromatic rings. The number of hydrogen-bond donors (Lipinski definition) is 0. The molecule has 10 heavy (non-hydrogen) atoms. The van der Waals surface area contributed by atoms with Crippen LogP contribution in [-0.4, -0.2) is 26.8 Å². The van der Waals surface area contributed by atoms with Crippen LogP contribution in [0.15, 0.2) is 0 Å². The van der Waals surface area contributed by atoms with Crippen LogP contribution in [0.3, 0.4) is 0 Å². The Labute approximate surface area is 73.5 Å². The summed E-state index contributed by atoms with van der Waals surface area (Å²) in [5, 5.41) is 0.700. The molecule has 0 saturated heterocycles.